The second-order valence-electron chi connectivity index (χ2n) is 4.41. The van der Waals surface area contributed by atoms with E-state index in [-0.39, 0.29) is 0 Å². The summed E-state index contributed by atoms with van der Waals surface area (Å²) in [5.74, 6) is 0. The Kier molecular flexibility index (Phi) is 6.03. The molecule has 0 spiro atoms. The third-order valence-corrected chi connectivity index (χ3v) is 4.01. The number of rotatable bonds is 7. The third kappa shape index (κ3) is 4.24. The first-order valence-electron chi connectivity index (χ1n) is 6.16. The highest BCUT2D eigenvalue weighted by Gasteiger charge is 2.08. The smallest absolute Gasteiger partial charge is 0.0386 e. The molecule has 1 atom stereocenters. The molecule has 3 heteroatoms. The molecule has 0 aliphatic carbocycles. The predicted molar refractivity (Wildman–Crippen MR) is 73.1 cm³/mol. The normalized spacial score (nSPS) is 13.6. The highest BCUT2D eigenvalue weighted by atomic mass is 32.1. The van der Waals surface area contributed by atoms with Crippen LogP contribution >= 0.6 is 11.3 Å². The Labute approximate surface area is 104 Å². The Hall–Kier alpha value is -0.380. The van der Waals surface area contributed by atoms with Crippen molar-refractivity contribution in [3.8, 4) is 0 Å². The minimum absolute atomic E-state index is 0.478. The Bertz CT molecular complexity index is 269. The van der Waals surface area contributed by atoms with E-state index < -0.39 is 0 Å². The van der Waals surface area contributed by atoms with Crippen molar-refractivity contribution in [2.75, 3.05) is 19.6 Å². The van der Waals surface area contributed by atoms with Crippen LogP contribution in [0.1, 0.15) is 38.6 Å². The molecular formula is C13H24N2S. The minimum Gasteiger partial charge on any atom is -0.308 e. The average molecular weight is 240 g/mol. The molecule has 0 radical (unpaired) electrons. The molecule has 0 amide bonds. The Balaban J connectivity index is 2.25. The first kappa shape index (κ1) is 13.7. The summed E-state index contributed by atoms with van der Waals surface area (Å²) < 4.78 is 0. The van der Waals surface area contributed by atoms with Crippen LogP contribution in [0, 0.1) is 0 Å². The quantitative estimate of drug-likeness (QED) is 0.788. The maximum Gasteiger partial charge on any atom is 0.0386 e. The highest BCUT2D eigenvalue weighted by molar-refractivity contribution is 7.10. The summed E-state index contributed by atoms with van der Waals surface area (Å²) in [4.78, 5) is 3.90. The van der Waals surface area contributed by atoms with Crippen molar-refractivity contribution in [3.63, 3.8) is 0 Å². The molecule has 0 bridgehead atoms. The van der Waals surface area contributed by atoms with Crippen molar-refractivity contribution in [2.45, 2.75) is 39.8 Å². The van der Waals surface area contributed by atoms with Gasteiger partial charge in [0.05, 0.1) is 0 Å². The Morgan fingerprint density at radius 2 is 2.12 bits per heavy atom. The van der Waals surface area contributed by atoms with Crippen molar-refractivity contribution < 1.29 is 0 Å². The first-order valence-corrected chi connectivity index (χ1v) is 7.04. The van der Waals surface area contributed by atoms with E-state index in [0.717, 1.165) is 19.6 Å². The molecule has 1 rings (SSSR count). The van der Waals surface area contributed by atoms with Crippen LogP contribution in [0.4, 0.5) is 0 Å². The number of likely N-dealkylation sites (N-methyl/N-ethyl adjacent to an activating group) is 1. The van der Waals surface area contributed by atoms with Gasteiger partial charge in [0.2, 0.25) is 0 Å². The van der Waals surface area contributed by atoms with Gasteiger partial charge in [0.1, 0.15) is 0 Å². The fraction of sp³-hybridized carbons (Fsp3) is 0.692. The van der Waals surface area contributed by atoms with Gasteiger partial charge >= 0.3 is 0 Å². The molecule has 1 aromatic heterocycles. The monoisotopic (exact) mass is 240 g/mol. The minimum atomic E-state index is 0.478. The summed E-state index contributed by atoms with van der Waals surface area (Å²) in [6, 6.07) is 5.43. The van der Waals surface area contributed by atoms with Crippen LogP contribution in [0.3, 0.4) is 0 Å². The lowest BCUT2D eigenvalue weighted by Gasteiger charge is -2.25. The number of nitrogens with one attached hydrogen (secondary N) is 1. The van der Waals surface area contributed by atoms with Gasteiger partial charge in [0.15, 0.2) is 0 Å². The van der Waals surface area contributed by atoms with E-state index in [1.54, 1.807) is 0 Å². The van der Waals surface area contributed by atoms with Crippen LogP contribution in [-0.4, -0.2) is 30.6 Å². The predicted octanol–water partition coefficient (Wildman–Crippen LogP) is 3.13. The molecular weight excluding hydrogens is 216 g/mol. The van der Waals surface area contributed by atoms with E-state index >= 15 is 0 Å². The van der Waals surface area contributed by atoms with Gasteiger partial charge in [-0.05, 0) is 38.8 Å². The fourth-order valence-corrected chi connectivity index (χ4v) is 2.60. The van der Waals surface area contributed by atoms with Gasteiger partial charge in [-0.2, -0.15) is 0 Å². The molecule has 0 fully saturated rings. The van der Waals surface area contributed by atoms with Crippen LogP contribution in [0.25, 0.3) is 0 Å². The van der Waals surface area contributed by atoms with Crippen LogP contribution < -0.4 is 5.32 Å². The van der Waals surface area contributed by atoms with E-state index in [1.807, 2.05) is 11.3 Å². The highest BCUT2D eigenvalue weighted by Crippen LogP contribution is 2.17. The van der Waals surface area contributed by atoms with E-state index in [1.165, 1.54) is 4.88 Å². The van der Waals surface area contributed by atoms with E-state index in [9.17, 15) is 0 Å². The van der Waals surface area contributed by atoms with Crippen molar-refractivity contribution in [3.05, 3.63) is 22.4 Å². The van der Waals surface area contributed by atoms with Crippen LogP contribution in [-0.2, 0) is 0 Å². The lowest BCUT2D eigenvalue weighted by molar-refractivity contribution is 0.231. The molecule has 1 unspecified atom stereocenters. The van der Waals surface area contributed by atoms with E-state index in [4.69, 9.17) is 0 Å². The molecule has 0 aliphatic rings. The van der Waals surface area contributed by atoms with Crippen LogP contribution in [0.2, 0.25) is 0 Å². The van der Waals surface area contributed by atoms with Crippen LogP contribution in [0.5, 0.6) is 0 Å². The first-order chi connectivity index (χ1) is 7.65. The molecule has 0 aromatic carbocycles. The second-order valence-corrected chi connectivity index (χ2v) is 5.39. The molecule has 1 heterocycles. The van der Waals surface area contributed by atoms with Crippen molar-refractivity contribution in [1.82, 2.24) is 10.2 Å². The van der Waals surface area contributed by atoms with Gasteiger partial charge in [-0.15, -0.1) is 11.3 Å². The molecule has 1 N–H and O–H groups in total. The van der Waals surface area contributed by atoms with Gasteiger partial charge in [0.25, 0.3) is 0 Å². The molecule has 16 heavy (non-hydrogen) atoms. The topological polar surface area (TPSA) is 15.3 Å². The van der Waals surface area contributed by atoms with E-state index in [2.05, 4.69) is 55.4 Å². The maximum atomic E-state index is 3.57. The SMILES string of the molecule is CCN(CCNC(C)c1cccs1)C(C)C. The average Bonchev–Trinajstić information content (AvgIpc) is 2.76. The zero-order chi connectivity index (χ0) is 12.0. The van der Waals surface area contributed by atoms with Gasteiger partial charge < -0.3 is 5.32 Å². The third-order valence-electron chi connectivity index (χ3n) is 2.96. The van der Waals surface area contributed by atoms with Crippen molar-refractivity contribution >= 4 is 11.3 Å². The fourth-order valence-electron chi connectivity index (χ4n) is 1.84. The molecule has 2 nitrogen and oxygen atoms in total. The molecule has 92 valence electrons. The zero-order valence-corrected chi connectivity index (χ0v) is 11.7. The molecule has 0 aliphatic heterocycles. The maximum absolute atomic E-state index is 3.57. The summed E-state index contributed by atoms with van der Waals surface area (Å²) in [6.45, 7) is 12.3. The molecule has 0 saturated carbocycles. The second kappa shape index (κ2) is 7.05. The zero-order valence-electron chi connectivity index (χ0n) is 10.9. The van der Waals surface area contributed by atoms with Gasteiger partial charge in [-0.25, -0.2) is 0 Å². The Morgan fingerprint density at radius 1 is 1.38 bits per heavy atom. The van der Waals surface area contributed by atoms with Gasteiger partial charge in [-0.1, -0.05) is 13.0 Å². The summed E-state index contributed by atoms with van der Waals surface area (Å²) in [6.07, 6.45) is 0. The van der Waals surface area contributed by atoms with Crippen molar-refractivity contribution in [2.24, 2.45) is 0 Å². The Morgan fingerprint density at radius 3 is 2.62 bits per heavy atom. The van der Waals surface area contributed by atoms with Gasteiger partial charge in [0, 0.05) is 30.1 Å². The number of hydrogen-bond donors (Lipinski definition) is 1. The lowest BCUT2D eigenvalue weighted by Crippen LogP contribution is -2.37. The summed E-state index contributed by atoms with van der Waals surface area (Å²) in [7, 11) is 0. The number of hydrogen-bond acceptors (Lipinski definition) is 3. The van der Waals surface area contributed by atoms with Crippen LogP contribution in [0.15, 0.2) is 17.5 Å². The van der Waals surface area contributed by atoms with E-state index in [0.29, 0.717) is 12.1 Å². The number of nitrogens with zero attached hydrogens (tertiary/aromatic N) is 1. The summed E-state index contributed by atoms with van der Waals surface area (Å²) in [5, 5.41) is 5.71. The summed E-state index contributed by atoms with van der Waals surface area (Å²) >= 11 is 1.83. The molecule has 0 saturated heterocycles. The molecule has 1 aromatic rings. The van der Waals surface area contributed by atoms with Crippen molar-refractivity contribution in [1.29, 1.82) is 0 Å². The largest absolute Gasteiger partial charge is 0.308 e. The standard InChI is InChI=1S/C13H24N2S/c1-5-15(11(2)3)9-8-14-12(4)13-7-6-10-16-13/h6-7,10-12,14H,5,8-9H2,1-4H3. The lowest BCUT2D eigenvalue weighted by atomic mass is 10.2. The number of thiophene rings is 1. The summed E-state index contributed by atoms with van der Waals surface area (Å²) in [5.41, 5.74) is 0. The van der Waals surface area contributed by atoms with Gasteiger partial charge in [-0.3, -0.25) is 4.90 Å².